The number of allylic oxidation sites excluding steroid dienone is 2. The summed E-state index contributed by atoms with van der Waals surface area (Å²) in [5.74, 6) is 0.799. The Hall–Kier alpha value is -3.06. The number of carbonyl (C=O) groups is 1. The zero-order valence-electron chi connectivity index (χ0n) is 18.4. The third kappa shape index (κ3) is 4.43. The lowest BCUT2D eigenvalue weighted by Gasteiger charge is -2.26. The molecular weight excluding hydrogens is 422 g/mol. The molecule has 0 bridgehead atoms. The number of benzene rings is 2. The fourth-order valence-corrected chi connectivity index (χ4v) is 4.93. The summed E-state index contributed by atoms with van der Waals surface area (Å²) in [5, 5.41) is 0.997. The van der Waals surface area contributed by atoms with E-state index < -0.39 is 0 Å². The van der Waals surface area contributed by atoms with E-state index >= 15 is 0 Å². The van der Waals surface area contributed by atoms with Crippen LogP contribution < -0.4 is 10.3 Å². The summed E-state index contributed by atoms with van der Waals surface area (Å²) >= 11 is 1.28. The fraction of sp³-hybridized carbons (Fsp3) is 0.320. The van der Waals surface area contributed by atoms with Crippen molar-refractivity contribution < 1.29 is 9.53 Å². The summed E-state index contributed by atoms with van der Waals surface area (Å²) in [7, 11) is 1.58. The van der Waals surface area contributed by atoms with E-state index in [1.54, 1.807) is 17.7 Å². The molecule has 0 atom stereocenters. The molecule has 7 heteroatoms. The maximum atomic E-state index is 13.4. The Morgan fingerprint density at radius 1 is 1.16 bits per heavy atom. The second-order valence-electron chi connectivity index (χ2n) is 7.59. The number of nitrogens with zero attached hydrogens (tertiary/aromatic N) is 3. The van der Waals surface area contributed by atoms with Gasteiger partial charge < -0.3 is 9.64 Å². The molecule has 0 saturated carbocycles. The van der Waals surface area contributed by atoms with Crippen molar-refractivity contribution in [1.29, 1.82) is 0 Å². The predicted molar refractivity (Wildman–Crippen MR) is 129 cm³/mol. The molecule has 0 radical (unpaired) electrons. The summed E-state index contributed by atoms with van der Waals surface area (Å²) in [4.78, 5) is 33.1. The van der Waals surface area contributed by atoms with E-state index in [2.05, 4.69) is 6.08 Å². The summed E-state index contributed by atoms with van der Waals surface area (Å²) < 4.78 is 7.05. The maximum Gasteiger partial charge on any atom is 0.266 e. The lowest BCUT2D eigenvalue weighted by Crippen LogP contribution is -2.32. The molecule has 3 aromatic rings. The number of hydrogen-bond acceptors (Lipinski definition) is 5. The van der Waals surface area contributed by atoms with Crippen molar-refractivity contribution >= 4 is 28.6 Å². The van der Waals surface area contributed by atoms with E-state index in [-0.39, 0.29) is 17.2 Å². The lowest BCUT2D eigenvalue weighted by atomic mass is 10.0. The van der Waals surface area contributed by atoms with Gasteiger partial charge in [-0.3, -0.25) is 14.2 Å². The second kappa shape index (κ2) is 10.0. The van der Waals surface area contributed by atoms with Gasteiger partial charge >= 0.3 is 0 Å². The molecule has 1 aliphatic rings. The van der Waals surface area contributed by atoms with Crippen LogP contribution in [0.3, 0.4) is 0 Å². The Morgan fingerprint density at radius 2 is 1.94 bits per heavy atom. The number of aromatic nitrogens is 2. The van der Waals surface area contributed by atoms with E-state index in [4.69, 9.17) is 9.72 Å². The number of fused-ring (bicyclic) bond motifs is 1. The number of para-hydroxylation sites is 3. The minimum atomic E-state index is -0.183. The number of rotatable bonds is 7. The average molecular weight is 450 g/mol. The van der Waals surface area contributed by atoms with Gasteiger partial charge in [-0.25, -0.2) is 4.98 Å². The van der Waals surface area contributed by atoms with Gasteiger partial charge in [-0.15, -0.1) is 0 Å². The molecule has 32 heavy (non-hydrogen) atoms. The first kappa shape index (κ1) is 22.1. The van der Waals surface area contributed by atoms with E-state index in [9.17, 15) is 9.59 Å². The minimum absolute atomic E-state index is 0.0274. The van der Waals surface area contributed by atoms with Gasteiger partial charge in [0.25, 0.3) is 5.56 Å². The third-order valence-corrected chi connectivity index (χ3v) is 6.55. The number of methoxy groups -OCH3 is 1. The highest BCUT2D eigenvalue weighted by Gasteiger charge is 2.21. The number of amides is 1. The molecule has 1 aliphatic carbocycles. The first-order valence-electron chi connectivity index (χ1n) is 10.9. The number of hydrogen-bond donors (Lipinski definition) is 0. The van der Waals surface area contributed by atoms with Gasteiger partial charge in [0.05, 0.1) is 29.5 Å². The van der Waals surface area contributed by atoms with E-state index in [1.165, 1.54) is 18.2 Å². The largest absolute Gasteiger partial charge is 0.495 e. The van der Waals surface area contributed by atoms with Crippen LogP contribution in [0.5, 0.6) is 5.75 Å². The van der Waals surface area contributed by atoms with Crippen LogP contribution in [-0.2, 0) is 4.79 Å². The topological polar surface area (TPSA) is 64.4 Å². The molecular formula is C25H27N3O3S. The summed E-state index contributed by atoms with van der Waals surface area (Å²) in [6, 6.07) is 14.6. The van der Waals surface area contributed by atoms with Gasteiger partial charge in [0.1, 0.15) is 5.75 Å². The Balaban J connectivity index is 1.72. The third-order valence-electron chi connectivity index (χ3n) is 5.63. The monoisotopic (exact) mass is 449 g/mol. The molecule has 0 N–H and O–H groups in total. The Kier molecular flexibility index (Phi) is 6.95. The van der Waals surface area contributed by atoms with Crippen LogP contribution in [0, 0.1) is 0 Å². The molecule has 6 nitrogen and oxygen atoms in total. The summed E-state index contributed by atoms with van der Waals surface area (Å²) in [6.45, 7) is 2.63. The molecule has 2 aromatic carbocycles. The van der Waals surface area contributed by atoms with Gasteiger partial charge in [0.15, 0.2) is 5.16 Å². The van der Waals surface area contributed by atoms with Crippen molar-refractivity contribution in [2.75, 3.05) is 19.4 Å². The zero-order valence-corrected chi connectivity index (χ0v) is 19.2. The highest BCUT2D eigenvalue weighted by atomic mass is 32.2. The highest BCUT2D eigenvalue weighted by Crippen LogP contribution is 2.28. The number of ether oxygens (including phenoxy) is 1. The van der Waals surface area contributed by atoms with Crippen LogP contribution in [0.1, 0.15) is 32.6 Å². The van der Waals surface area contributed by atoms with Crippen molar-refractivity contribution in [2.24, 2.45) is 0 Å². The van der Waals surface area contributed by atoms with Crippen molar-refractivity contribution in [2.45, 2.75) is 37.8 Å². The smallest absolute Gasteiger partial charge is 0.266 e. The molecule has 4 rings (SSSR count). The van der Waals surface area contributed by atoms with Crippen molar-refractivity contribution in [1.82, 2.24) is 14.5 Å². The molecule has 0 unspecified atom stereocenters. The lowest BCUT2D eigenvalue weighted by molar-refractivity contribution is -0.126. The van der Waals surface area contributed by atoms with E-state index in [0.29, 0.717) is 34.0 Å². The zero-order chi connectivity index (χ0) is 22.5. The predicted octanol–water partition coefficient (Wildman–Crippen LogP) is 4.79. The maximum absolute atomic E-state index is 13.4. The molecule has 0 saturated heterocycles. The van der Waals surface area contributed by atoms with Gasteiger partial charge in [0.2, 0.25) is 5.91 Å². The van der Waals surface area contributed by atoms with Crippen LogP contribution in [0.4, 0.5) is 0 Å². The van der Waals surface area contributed by atoms with Crippen LogP contribution >= 0.6 is 11.8 Å². The molecule has 0 fully saturated rings. The number of carbonyl (C=O) groups excluding carboxylic acids is 1. The van der Waals surface area contributed by atoms with Gasteiger partial charge in [-0.2, -0.15) is 0 Å². The van der Waals surface area contributed by atoms with Crippen LogP contribution in [0.15, 0.2) is 70.3 Å². The molecule has 0 aliphatic heterocycles. The minimum Gasteiger partial charge on any atom is -0.495 e. The normalized spacial score (nSPS) is 13.6. The van der Waals surface area contributed by atoms with Crippen molar-refractivity contribution in [3.05, 3.63) is 70.7 Å². The molecule has 166 valence electrons. The van der Waals surface area contributed by atoms with Crippen molar-refractivity contribution in [3.63, 3.8) is 0 Å². The van der Waals surface area contributed by atoms with Crippen molar-refractivity contribution in [3.8, 4) is 11.4 Å². The first-order valence-corrected chi connectivity index (χ1v) is 11.9. The molecule has 0 spiro atoms. The standard InChI is InChI=1S/C25H27N3O3S/c1-3-27(18-11-5-4-6-12-18)23(29)17-32-25-26-20-14-8-7-13-19(20)24(30)28(25)21-15-9-10-16-22(21)31-2/h7-11,13-16H,3-6,12,17H2,1-2H3. The summed E-state index contributed by atoms with van der Waals surface area (Å²) in [6.07, 6.45) is 6.42. The van der Waals surface area contributed by atoms with Crippen LogP contribution in [-0.4, -0.2) is 39.8 Å². The Bertz CT molecular complexity index is 1220. The van der Waals surface area contributed by atoms with Gasteiger partial charge in [0, 0.05) is 12.2 Å². The number of thioether (sulfide) groups is 1. The quantitative estimate of drug-likeness (QED) is 0.383. The van der Waals surface area contributed by atoms with Gasteiger partial charge in [-0.1, -0.05) is 42.1 Å². The van der Waals surface area contributed by atoms with E-state index in [0.717, 1.165) is 25.0 Å². The second-order valence-corrected chi connectivity index (χ2v) is 8.53. The Labute approximate surface area is 191 Å². The van der Waals surface area contributed by atoms with Crippen LogP contribution in [0.2, 0.25) is 0 Å². The van der Waals surface area contributed by atoms with Crippen LogP contribution in [0.25, 0.3) is 16.6 Å². The summed E-state index contributed by atoms with van der Waals surface area (Å²) in [5.41, 5.74) is 2.15. The molecule has 1 heterocycles. The molecule has 1 amide bonds. The molecule has 1 aromatic heterocycles. The first-order chi connectivity index (χ1) is 15.6. The van der Waals surface area contributed by atoms with Gasteiger partial charge in [-0.05, 0) is 56.9 Å². The fourth-order valence-electron chi connectivity index (χ4n) is 4.05. The highest BCUT2D eigenvalue weighted by molar-refractivity contribution is 7.99. The average Bonchev–Trinajstić information content (AvgIpc) is 2.84. The Morgan fingerprint density at radius 3 is 2.69 bits per heavy atom. The SMILES string of the molecule is CCN(C(=O)CSc1nc2ccccc2c(=O)n1-c1ccccc1OC)C1=CCCCC1. The van der Waals surface area contributed by atoms with E-state index in [1.807, 2.05) is 54.3 Å².